The van der Waals surface area contributed by atoms with Crippen LogP contribution in [0.25, 0.3) is 0 Å². The molecule has 0 heterocycles. The van der Waals surface area contributed by atoms with Crippen molar-refractivity contribution in [3.05, 3.63) is 0 Å². The molecular weight excluding hydrogens is 391 g/mol. The Kier molecular flexibility index (Phi) is 18.8. The SMILES string of the molecule is CCCCC(C)CO[P+](=O)OCC(C)CCCC.[Nd]. The van der Waals surface area contributed by atoms with Gasteiger partial charge in [-0.15, -0.1) is 9.05 Å². The van der Waals surface area contributed by atoms with Crippen LogP contribution in [-0.4, -0.2) is 13.2 Å². The monoisotopic (exact) mass is 419 g/mol. The van der Waals surface area contributed by atoms with Gasteiger partial charge in [-0.05, 0) is 24.7 Å². The molecule has 112 valence electrons. The van der Waals surface area contributed by atoms with Gasteiger partial charge in [0.15, 0.2) is 0 Å². The van der Waals surface area contributed by atoms with Gasteiger partial charge in [0.05, 0.1) is 0 Å². The van der Waals surface area contributed by atoms with Crippen LogP contribution in [0.1, 0.15) is 66.2 Å². The Labute approximate surface area is 153 Å². The van der Waals surface area contributed by atoms with Gasteiger partial charge < -0.3 is 0 Å². The quantitative estimate of drug-likeness (QED) is 0.400. The first kappa shape index (κ1) is 22.6. The molecular formula is C14H30NdO3P+. The van der Waals surface area contributed by atoms with Crippen LogP contribution in [0.15, 0.2) is 0 Å². The fraction of sp³-hybridized carbons (Fsp3) is 1.00. The van der Waals surface area contributed by atoms with E-state index >= 15 is 0 Å². The minimum absolute atomic E-state index is 0. The molecule has 0 fully saturated rings. The fourth-order valence-corrected chi connectivity index (χ4v) is 2.51. The van der Waals surface area contributed by atoms with E-state index in [1.54, 1.807) is 0 Å². The van der Waals surface area contributed by atoms with Crippen LogP contribution in [0.3, 0.4) is 0 Å². The number of unbranched alkanes of at least 4 members (excludes halogenated alkanes) is 2. The van der Waals surface area contributed by atoms with E-state index in [-0.39, 0.29) is 40.8 Å². The molecule has 0 saturated carbocycles. The summed E-state index contributed by atoms with van der Waals surface area (Å²) in [5, 5.41) is 0. The molecule has 0 N–H and O–H groups in total. The summed E-state index contributed by atoms with van der Waals surface area (Å²) >= 11 is 0. The third-order valence-electron chi connectivity index (χ3n) is 3.03. The fourth-order valence-electron chi connectivity index (χ4n) is 1.69. The van der Waals surface area contributed by atoms with Gasteiger partial charge in [0.25, 0.3) is 0 Å². The molecule has 0 spiro atoms. The summed E-state index contributed by atoms with van der Waals surface area (Å²) in [6, 6.07) is 0. The Morgan fingerprint density at radius 1 is 0.895 bits per heavy atom. The summed E-state index contributed by atoms with van der Waals surface area (Å²) in [4.78, 5) is 0. The maximum atomic E-state index is 11.5. The van der Waals surface area contributed by atoms with E-state index < -0.39 is 8.25 Å². The maximum absolute atomic E-state index is 11.5. The van der Waals surface area contributed by atoms with E-state index in [0.29, 0.717) is 25.0 Å². The Morgan fingerprint density at radius 2 is 1.26 bits per heavy atom. The second-order valence-electron chi connectivity index (χ2n) is 5.31. The van der Waals surface area contributed by atoms with Gasteiger partial charge in [-0.25, -0.2) is 0 Å². The average molecular weight is 422 g/mol. The summed E-state index contributed by atoms with van der Waals surface area (Å²) in [6.07, 6.45) is 7.06. The van der Waals surface area contributed by atoms with E-state index in [1.165, 1.54) is 25.7 Å². The first-order valence-electron chi connectivity index (χ1n) is 7.33. The zero-order valence-electron chi connectivity index (χ0n) is 13.0. The summed E-state index contributed by atoms with van der Waals surface area (Å²) in [5.41, 5.74) is 0. The van der Waals surface area contributed by atoms with Crippen molar-refractivity contribution in [3.8, 4) is 0 Å². The molecule has 0 bridgehead atoms. The molecule has 0 aromatic heterocycles. The second-order valence-corrected chi connectivity index (χ2v) is 6.27. The van der Waals surface area contributed by atoms with Crippen LogP contribution < -0.4 is 0 Å². The molecule has 0 aliphatic heterocycles. The molecule has 0 aliphatic rings. The zero-order valence-corrected chi connectivity index (χ0v) is 17.1. The van der Waals surface area contributed by atoms with E-state index in [4.69, 9.17) is 9.05 Å². The molecule has 0 aromatic rings. The van der Waals surface area contributed by atoms with Gasteiger partial charge in [-0.3, -0.25) is 0 Å². The molecule has 0 amide bonds. The topological polar surface area (TPSA) is 35.5 Å². The third-order valence-corrected chi connectivity index (χ3v) is 3.75. The Hall–Kier alpha value is 1.37. The van der Waals surface area contributed by atoms with Crippen molar-refractivity contribution < 1.29 is 54.5 Å². The van der Waals surface area contributed by atoms with E-state index in [9.17, 15) is 4.57 Å². The van der Waals surface area contributed by atoms with Crippen molar-refractivity contribution in [2.24, 2.45) is 11.8 Å². The van der Waals surface area contributed by atoms with Crippen LogP contribution in [0, 0.1) is 52.7 Å². The van der Waals surface area contributed by atoms with Crippen LogP contribution in [0.4, 0.5) is 0 Å². The first-order valence-corrected chi connectivity index (χ1v) is 8.42. The summed E-state index contributed by atoms with van der Waals surface area (Å²) < 4.78 is 22.0. The molecule has 3 nitrogen and oxygen atoms in total. The van der Waals surface area contributed by atoms with Crippen molar-refractivity contribution in [3.63, 3.8) is 0 Å². The number of hydrogen-bond acceptors (Lipinski definition) is 3. The van der Waals surface area contributed by atoms with Gasteiger partial charge >= 0.3 is 8.25 Å². The number of hydrogen-bond donors (Lipinski definition) is 0. The first-order chi connectivity index (χ1) is 8.60. The van der Waals surface area contributed by atoms with Crippen LogP contribution in [-0.2, 0) is 13.6 Å². The smallest absolute Gasteiger partial charge is 0.119 e. The van der Waals surface area contributed by atoms with Crippen molar-refractivity contribution >= 4 is 8.25 Å². The Balaban J connectivity index is 0. The van der Waals surface area contributed by atoms with Crippen molar-refractivity contribution in [1.82, 2.24) is 0 Å². The molecule has 0 aromatic carbocycles. The van der Waals surface area contributed by atoms with E-state index in [1.807, 2.05) is 0 Å². The zero-order chi connectivity index (χ0) is 13.8. The van der Waals surface area contributed by atoms with E-state index in [2.05, 4.69) is 27.7 Å². The molecule has 0 rings (SSSR count). The normalized spacial score (nSPS) is 14.6. The van der Waals surface area contributed by atoms with Crippen molar-refractivity contribution in [2.45, 2.75) is 66.2 Å². The largest absolute Gasteiger partial charge is 0.697 e. The minimum Gasteiger partial charge on any atom is -0.119 e. The third kappa shape index (κ3) is 15.6. The summed E-state index contributed by atoms with van der Waals surface area (Å²) in [5.74, 6) is 0.926. The predicted octanol–water partition coefficient (Wildman–Crippen LogP) is 5.33. The molecule has 0 aliphatic carbocycles. The van der Waals surface area contributed by atoms with Gasteiger partial charge in [0.1, 0.15) is 13.2 Å². The van der Waals surface area contributed by atoms with Crippen molar-refractivity contribution in [2.75, 3.05) is 13.2 Å². The molecule has 2 unspecified atom stereocenters. The molecule has 5 heteroatoms. The minimum atomic E-state index is -1.93. The second kappa shape index (κ2) is 15.8. The standard InChI is InChI=1S/C14H30O3P.Nd/c1-5-7-9-13(3)11-16-18(15)17-12-14(4)10-8-6-2;/h13-14H,5-12H2,1-4H3;/q+1;. The van der Waals surface area contributed by atoms with Gasteiger partial charge in [0, 0.05) is 45.4 Å². The van der Waals surface area contributed by atoms with Gasteiger partial charge in [-0.1, -0.05) is 53.4 Å². The molecule has 19 heavy (non-hydrogen) atoms. The summed E-state index contributed by atoms with van der Waals surface area (Å²) in [6.45, 7) is 9.69. The number of rotatable bonds is 12. The van der Waals surface area contributed by atoms with Gasteiger partial charge in [-0.2, -0.15) is 0 Å². The Bertz CT molecular complexity index is 195. The van der Waals surface area contributed by atoms with Crippen LogP contribution in [0.5, 0.6) is 0 Å². The van der Waals surface area contributed by atoms with E-state index in [0.717, 1.165) is 12.8 Å². The summed E-state index contributed by atoms with van der Waals surface area (Å²) in [7, 11) is -1.93. The average Bonchev–Trinajstić information content (AvgIpc) is 2.37. The molecule has 2 atom stereocenters. The van der Waals surface area contributed by atoms with Crippen molar-refractivity contribution in [1.29, 1.82) is 0 Å². The maximum Gasteiger partial charge on any atom is 0.697 e. The van der Waals surface area contributed by atoms with Crippen LogP contribution >= 0.6 is 8.25 Å². The Morgan fingerprint density at radius 3 is 1.58 bits per heavy atom. The predicted molar refractivity (Wildman–Crippen MR) is 76.9 cm³/mol. The molecule has 0 saturated heterocycles. The van der Waals surface area contributed by atoms with Crippen LogP contribution in [0.2, 0.25) is 0 Å². The molecule has 0 radical (unpaired) electrons. The van der Waals surface area contributed by atoms with Gasteiger partial charge in [0.2, 0.25) is 0 Å².